The second kappa shape index (κ2) is 7.00. The summed E-state index contributed by atoms with van der Waals surface area (Å²) in [5.74, 6) is 1.89. The number of anilines is 1. The van der Waals surface area contributed by atoms with Crippen molar-refractivity contribution in [1.29, 1.82) is 0 Å². The van der Waals surface area contributed by atoms with Crippen molar-refractivity contribution in [3.63, 3.8) is 0 Å². The van der Waals surface area contributed by atoms with Crippen molar-refractivity contribution >= 4 is 34.3 Å². The van der Waals surface area contributed by atoms with Crippen molar-refractivity contribution in [2.45, 2.75) is 31.9 Å². The summed E-state index contributed by atoms with van der Waals surface area (Å²) >= 11 is 2.79. The summed E-state index contributed by atoms with van der Waals surface area (Å²) in [5.41, 5.74) is 1.06. The summed E-state index contributed by atoms with van der Waals surface area (Å²) in [4.78, 5) is 20.2. The molecule has 0 aliphatic carbocycles. The Kier molecular flexibility index (Phi) is 5.30. The lowest BCUT2D eigenvalue weighted by Crippen LogP contribution is -2.16. The van der Waals surface area contributed by atoms with Gasteiger partial charge in [-0.3, -0.25) is 9.78 Å². The Morgan fingerprint density at radius 1 is 1.33 bits per heavy atom. The molecule has 0 unspecified atom stereocenters. The number of carbonyl (C=O) groups is 1. The van der Waals surface area contributed by atoms with Crippen LogP contribution < -0.4 is 5.32 Å². The van der Waals surface area contributed by atoms with Crippen LogP contribution in [-0.4, -0.2) is 26.0 Å². The first kappa shape index (κ1) is 15.9. The Balaban J connectivity index is 1.78. The normalized spacial score (nSPS) is 11.4. The fraction of sp³-hybridized carbons (Fsp3) is 0.429. The Morgan fingerprint density at radius 2 is 2.05 bits per heavy atom. The van der Waals surface area contributed by atoms with Crippen LogP contribution in [0.3, 0.4) is 0 Å². The second-order valence-electron chi connectivity index (χ2n) is 5.57. The molecule has 112 valence electrons. The van der Waals surface area contributed by atoms with Crippen LogP contribution in [0.2, 0.25) is 0 Å². The van der Waals surface area contributed by atoms with E-state index in [4.69, 9.17) is 0 Å². The molecule has 21 heavy (non-hydrogen) atoms. The average molecular weight is 322 g/mol. The molecule has 0 bridgehead atoms. The third-order valence-electron chi connectivity index (χ3n) is 2.59. The third kappa shape index (κ3) is 5.09. The zero-order valence-electron chi connectivity index (χ0n) is 12.3. The van der Waals surface area contributed by atoms with E-state index in [9.17, 15) is 4.79 Å². The Labute approximate surface area is 132 Å². The number of aromatic nitrogens is 3. The quantitative estimate of drug-likeness (QED) is 0.916. The summed E-state index contributed by atoms with van der Waals surface area (Å²) in [6, 6.07) is 3.90. The molecular formula is C14H18N4OS2. The SMILES string of the molecule is CC(C)(C)c1nsc(NC(=O)CSCc2ccncc2)n1. The lowest BCUT2D eigenvalue weighted by Gasteiger charge is -2.12. The molecule has 2 aromatic heterocycles. The van der Waals surface area contributed by atoms with Crippen LogP contribution in [0.25, 0.3) is 0 Å². The maximum absolute atomic E-state index is 11.9. The predicted octanol–water partition coefficient (Wildman–Crippen LogP) is 3.10. The van der Waals surface area contributed by atoms with Gasteiger partial charge in [-0.05, 0) is 17.7 Å². The largest absolute Gasteiger partial charge is 0.300 e. The van der Waals surface area contributed by atoms with Crippen molar-refractivity contribution in [3.8, 4) is 0 Å². The second-order valence-corrected chi connectivity index (χ2v) is 7.31. The number of hydrogen-bond donors (Lipinski definition) is 1. The van der Waals surface area contributed by atoms with Gasteiger partial charge in [-0.25, -0.2) is 4.98 Å². The van der Waals surface area contributed by atoms with Crippen molar-refractivity contribution in [1.82, 2.24) is 14.3 Å². The monoisotopic (exact) mass is 322 g/mol. The van der Waals surface area contributed by atoms with Crippen LogP contribution in [0.5, 0.6) is 0 Å². The first-order chi connectivity index (χ1) is 9.95. The number of nitrogens with zero attached hydrogens (tertiary/aromatic N) is 3. The fourth-order valence-electron chi connectivity index (χ4n) is 1.47. The van der Waals surface area contributed by atoms with Gasteiger partial charge in [0.25, 0.3) is 0 Å². The van der Waals surface area contributed by atoms with Gasteiger partial charge in [0.05, 0.1) is 5.75 Å². The highest BCUT2D eigenvalue weighted by Crippen LogP contribution is 2.23. The molecule has 0 saturated heterocycles. The minimum Gasteiger partial charge on any atom is -0.300 e. The van der Waals surface area contributed by atoms with Crippen LogP contribution >= 0.6 is 23.3 Å². The topological polar surface area (TPSA) is 67.8 Å². The molecule has 0 fully saturated rings. The van der Waals surface area contributed by atoms with Gasteiger partial charge in [0.1, 0.15) is 5.82 Å². The van der Waals surface area contributed by atoms with Gasteiger partial charge >= 0.3 is 0 Å². The zero-order chi connectivity index (χ0) is 15.3. The molecule has 1 amide bonds. The number of nitrogens with one attached hydrogen (secondary N) is 1. The van der Waals surface area contributed by atoms with Crippen molar-refractivity contribution in [2.75, 3.05) is 11.1 Å². The smallest absolute Gasteiger partial charge is 0.236 e. The molecule has 2 rings (SSSR count). The van der Waals surface area contributed by atoms with Crippen LogP contribution in [-0.2, 0) is 16.0 Å². The van der Waals surface area contributed by atoms with Crippen molar-refractivity contribution in [2.24, 2.45) is 0 Å². The van der Waals surface area contributed by atoms with Gasteiger partial charge in [-0.1, -0.05) is 20.8 Å². The first-order valence-corrected chi connectivity index (χ1v) is 8.48. The molecule has 0 spiro atoms. The highest BCUT2D eigenvalue weighted by molar-refractivity contribution is 7.99. The number of amides is 1. The molecule has 0 saturated carbocycles. The molecule has 1 N–H and O–H groups in total. The Bertz CT molecular complexity index is 593. The van der Waals surface area contributed by atoms with E-state index in [1.165, 1.54) is 11.5 Å². The molecule has 7 heteroatoms. The van der Waals surface area contributed by atoms with E-state index in [0.29, 0.717) is 10.9 Å². The van der Waals surface area contributed by atoms with E-state index in [1.807, 2.05) is 32.9 Å². The summed E-state index contributed by atoms with van der Waals surface area (Å²) in [6.07, 6.45) is 3.51. The molecule has 2 heterocycles. The predicted molar refractivity (Wildman–Crippen MR) is 87.6 cm³/mol. The van der Waals surface area contributed by atoms with E-state index in [-0.39, 0.29) is 11.3 Å². The molecule has 2 aromatic rings. The highest BCUT2D eigenvalue weighted by Gasteiger charge is 2.20. The van der Waals surface area contributed by atoms with Gasteiger partial charge < -0.3 is 5.32 Å². The van der Waals surface area contributed by atoms with E-state index < -0.39 is 0 Å². The molecule has 0 aromatic carbocycles. The lowest BCUT2D eigenvalue weighted by atomic mass is 9.96. The first-order valence-electron chi connectivity index (χ1n) is 6.56. The van der Waals surface area contributed by atoms with Gasteiger partial charge in [0, 0.05) is 35.1 Å². The fourth-order valence-corrected chi connectivity index (χ4v) is 3.04. The maximum atomic E-state index is 11.9. The van der Waals surface area contributed by atoms with Gasteiger partial charge in [0.15, 0.2) is 0 Å². The summed E-state index contributed by atoms with van der Waals surface area (Å²) < 4.78 is 4.27. The van der Waals surface area contributed by atoms with Crippen LogP contribution in [0.4, 0.5) is 5.13 Å². The lowest BCUT2D eigenvalue weighted by molar-refractivity contribution is -0.113. The number of carbonyl (C=O) groups excluding carboxylic acids is 1. The van der Waals surface area contributed by atoms with Gasteiger partial charge in [0.2, 0.25) is 11.0 Å². The molecule has 0 aliphatic heterocycles. The summed E-state index contributed by atoms with van der Waals surface area (Å²) in [7, 11) is 0. The van der Waals surface area contributed by atoms with E-state index in [2.05, 4.69) is 19.7 Å². The van der Waals surface area contributed by atoms with Crippen molar-refractivity contribution < 1.29 is 4.79 Å². The average Bonchev–Trinajstić information content (AvgIpc) is 2.88. The summed E-state index contributed by atoms with van der Waals surface area (Å²) in [5, 5.41) is 3.36. The molecule has 0 atom stereocenters. The summed E-state index contributed by atoms with van der Waals surface area (Å²) in [6.45, 7) is 6.14. The Hall–Kier alpha value is -1.47. The molecule has 0 radical (unpaired) electrons. The van der Waals surface area contributed by atoms with E-state index >= 15 is 0 Å². The van der Waals surface area contributed by atoms with E-state index in [1.54, 1.807) is 24.2 Å². The molecule has 0 aliphatic rings. The number of rotatable bonds is 5. The minimum atomic E-state index is -0.102. The standard InChI is InChI=1S/C14H18N4OS2/c1-14(2,3)12-17-13(21-18-12)16-11(19)9-20-8-10-4-6-15-7-5-10/h4-7H,8-9H2,1-3H3,(H,16,17,18,19). The van der Waals surface area contributed by atoms with Crippen LogP contribution in [0, 0.1) is 0 Å². The van der Waals surface area contributed by atoms with E-state index in [0.717, 1.165) is 17.1 Å². The molecule has 5 nitrogen and oxygen atoms in total. The van der Waals surface area contributed by atoms with Gasteiger partial charge in [-0.2, -0.15) is 4.37 Å². The van der Waals surface area contributed by atoms with Gasteiger partial charge in [-0.15, -0.1) is 11.8 Å². The maximum Gasteiger partial charge on any atom is 0.236 e. The molecular weight excluding hydrogens is 304 g/mol. The number of hydrogen-bond acceptors (Lipinski definition) is 6. The van der Waals surface area contributed by atoms with Crippen LogP contribution in [0.15, 0.2) is 24.5 Å². The highest BCUT2D eigenvalue weighted by atomic mass is 32.2. The van der Waals surface area contributed by atoms with Crippen molar-refractivity contribution in [3.05, 3.63) is 35.9 Å². The number of thioether (sulfide) groups is 1. The third-order valence-corrected chi connectivity index (χ3v) is 4.23. The Morgan fingerprint density at radius 3 is 2.67 bits per heavy atom. The number of pyridine rings is 1. The zero-order valence-corrected chi connectivity index (χ0v) is 13.9. The minimum absolute atomic E-state index is 0.0503. The van der Waals surface area contributed by atoms with Crippen LogP contribution in [0.1, 0.15) is 32.2 Å².